The van der Waals surface area contributed by atoms with Crippen LogP contribution in [0.15, 0.2) is 54.6 Å². The lowest BCUT2D eigenvalue weighted by Crippen LogP contribution is -2.49. The van der Waals surface area contributed by atoms with Gasteiger partial charge in [0.2, 0.25) is 11.8 Å². The Morgan fingerprint density at radius 1 is 1.07 bits per heavy atom. The van der Waals surface area contributed by atoms with E-state index in [0.29, 0.717) is 18.8 Å². The Kier molecular flexibility index (Phi) is 9.08. The molecular formula is C23H30N2O2S. The van der Waals surface area contributed by atoms with E-state index in [2.05, 4.69) is 24.4 Å². The maximum atomic E-state index is 12.9. The van der Waals surface area contributed by atoms with Gasteiger partial charge in [0.15, 0.2) is 0 Å². The minimum atomic E-state index is -0.477. The second-order valence-electron chi connectivity index (χ2n) is 6.81. The Bertz CT molecular complexity index is 764. The molecule has 2 aromatic carbocycles. The minimum Gasteiger partial charge on any atom is -0.355 e. The van der Waals surface area contributed by atoms with Crippen molar-refractivity contribution < 1.29 is 9.59 Å². The van der Waals surface area contributed by atoms with Gasteiger partial charge in [-0.1, -0.05) is 54.6 Å². The van der Waals surface area contributed by atoms with Gasteiger partial charge in [0, 0.05) is 18.8 Å². The van der Waals surface area contributed by atoms with Gasteiger partial charge in [-0.25, -0.2) is 0 Å². The fourth-order valence-electron chi connectivity index (χ4n) is 3.00. The first-order valence-corrected chi connectivity index (χ1v) is 10.9. The molecule has 0 aliphatic carbocycles. The Morgan fingerprint density at radius 2 is 1.75 bits per heavy atom. The summed E-state index contributed by atoms with van der Waals surface area (Å²) in [5.74, 6) is 1.06. The summed E-state index contributed by atoms with van der Waals surface area (Å²) in [5, 5.41) is 2.83. The predicted molar refractivity (Wildman–Crippen MR) is 117 cm³/mol. The molecule has 4 nitrogen and oxygen atoms in total. The number of benzene rings is 2. The lowest BCUT2D eigenvalue weighted by molar-refractivity contribution is -0.137. The van der Waals surface area contributed by atoms with Crippen LogP contribution in [0.1, 0.15) is 30.5 Å². The lowest BCUT2D eigenvalue weighted by atomic mass is 10.1. The van der Waals surface area contributed by atoms with Crippen LogP contribution >= 0.6 is 11.8 Å². The number of hydrogen-bond acceptors (Lipinski definition) is 3. The summed E-state index contributed by atoms with van der Waals surface area (Å²) in [4.78, 5) is 27.0. The van der Waals surface area contributed by atoms with Crippen LogP contribution in [0, 0.1) is 6.92 Å². The predicted octanol–water partition coefficient (Wildman–Crippen LogP) is 3.82. The van der Waals surface area contributed by atoms with Crippen molar-refractivity contribution in [1.29, 1.82) is 0 Å². The monoisotopic (exact) mass is 398 g/mol. The van der Waals surface area contributed by atoms with Crippen molar-refractivity contribution in [3.05, 3.63) is 71.3 Å². The third-order valence-corrected chi connectivity index (χ3v) is 5.71. The zero-order valence-corrected chi connectivity index (χ0v) is 17.8. The van der Waals surface area contributed by atoms with Crippen LogP contribution in [0.25, 0.3) is 0 Å². The fraction of sp³-hybridized carbons (Fsp3) is 0.391. The Hall–Kier alpha value is -2.27. The third kappa shape index (κ3) is 6.71. The molecular weight excluding hydrogens is 368 g/mol. The molecule has 0 fully saturated rings. The molecule has 2 rings (SSSR count). The van der Waals surface area contributed by atoms with Gasteiger partial charge in [-0.2, -0.15) is 0 Å². The van der Waals surface area contributed by atoms with Crippen LogP contribution in [0.3, 0.4) is 0 Å². The highest BCUT2D eigenvalue weighted by molar-refractivity contribution is 7.99. The molecule has 0 aliphatic rings. The molecule has 0 spiro atoms. The van der Waals surface area contributed by atoms with Crippen molar-refractivity contribution in [1.82, 2.24) is 10.2 Å². The molecule has 150 valence electrons. The van der Waals surface area contributed by atoms with Crippen molar-refractivity contribution in [2.24, 2.45) is 0 Å². The molecule has 1 N–H and O–H groups in total. The zero-order chi connectivity index (χ0) is 20.4. The van der Waals surface area contributed by atoms with E-state index in [1.54, 1.807) is 23.6 Å². The molecule has 0 radical (unpaired) electrons. The number of likely N-dealkylation sites (N-methyl/N-ethyl adjacent to an activating group) is 1. The summed E-state index contributed by atoms with van der Waals surface area (Å²) in [6.45, 7) is 6.87. The molecule has 1 unspecified atom stereocenters. The first-order chi connectivity index (χ1) is 13.5. The molecule has 0 aliphatic heterocycles. The van der Waals surface area contributed by atoms with Crippen LogP contribution in [0.4, 0.5) is 0 Å². The Morgan fingerprint density at radius 3 is 2.43 bits per heavy atom. The zero-order valence-electron chi connectivity index (χ0n) is 17.0. The highest BCUT2D eigenvalue weighted by Gasteiger charge is 2.25. The summed E-state index contributed by atoms with van der Waals surface area (Å²) in [5.41, 5.74) is 3.64. The van der Waals surface area contributed by atoms with Crippen LogP contribution in [-0.2, 0) is 21.8 Å². The average molecular weight is 399 g/mol. The van der Waals surface area contributed by atoms with E-state index in [-0.39, 0.29) is 11.8 Å². The van der Waals surface area contributed by atoms with E-state index in [0.717, 1.165) is 17.7 Å². The average Bonchev–Trinajstić information content (AvgIpc) is 2.70. The summed E-state index contributed by atoms with van der Waals surface area (Å²) >= 11 is 1.60. The second-order valence-corrected chi connectivity index (χ2v) is 7.80. The SMILES string of the molecule is CCNC(=O)C(C)N(CCc1ccccc1)C(=O)CSCc1ccccc1C. The van der Waals surface area contributed by atoms with Crippen molar-refractivity contribution in [3.63, 3.8) is 0 Å². The molecule has 2 aromatic rings. The van der Waals surface area contributed by atoms with E-state index in [1.165, 1.54) is 11.1 Å². The highest BCUT2D eigenvalue weighted by Crippen LogP contribution is 2.17. The molecule has 28 heavy (non-hydrogen) atoms. The third-order valence-electron chi connectivity index (χ3n) is 4.75. The van der Waals surface area contributed by atoms with Crippen molar-refractivity contribution >= 4 is 23.6 Å². The molecule has 0 bridgehead atoms. The van der Waals surface area contributed by atoms with Gasteiger partial charge >= 0.3 is 0 Å². The number of nitrogens with zero attached hydrogens (tertiary/aromatic N) is 1. The topological polar surface area (TPSA) is 49.4 Å². The van der Waals surface area contributed by atoms with Gasteiger partial charge in [0.1, 0.15) is 6.04 Å². The molecule has 0 saturated heterocycles. The number of aryl methyl sites for hydroxylation is 1. The molecule has 1 atom stereocenters. The van der Waals surface area contributed by atoms with Gasteiger partial charge in [-0.15, -0.1) is 11.8 Å². The molecule has 0 aromatic heterocycles. The lowest BCUT2D eigenvalue weighted by Gasteiger charge is -2.28. The highest BCUT2D eigenvalue weighted by atomic mass is 32.2. The first-order valence-electron chi connectivity index (χ1n) is 9.76. The van der Waals surface area contributed by atoms with E-state index in [4.69, 9.17) is 0 Å². The number of nitrogens with one attached hydrogen (secondary N) is 1. The molecule has 5 heteroatoms. The number of thioether (sulfide) groups is 1. The normalized spacial score (nSPS) is 11.7. The number of carbonyl (C=O) groups is 2. The van der Waals surface area contributed by atoms with E-state index >= 15 is 0 Å². The van der Waals surface area contributed by atoms with Crippen molar-refractivity contribution in [3.8, 4) is 0 Å². The first kappa shape index (κ1) is 22.0. The quantitative estimate of drug-likeness (QED) is 0.662. The van der Waals surface area contributed by atoms with Gasteiger partial charge in [0.05, 0.1) is 5.75 Å². The summed E-state index contributed by atoms with van der Waals surface area (Å²) < 4.78 is 0. The van der Waals surface area contributed by atoms with Crippen LogP contribution in [0.5, 0.6) is 0 Å². The van der Waals surface area contributed by atoms with Gasteiger partial charge in [-0.3, -0.25) is 9.59 Å². The number of hydrogen-bond donors (Lipinski definition) is 1. The van der Waals surface area contributed by atoms with E-state index in [1.807, 2.05) is 49.4 Å². The largest absolute Gasteiger partial charge is 0.355 e. The summed E-state index contributed by atoms with van der Waals surface area (Å²) in [6, 6.07) is 17.8. The minimum absolute atomic E-state index is 0.00766. The standard InChI is InChI=1S/C23H30N2O2S/c1-4-24-23(27)19(3)25(15-14-20-11-6-5-7-12-20)22(26)17-28-16-21-13-9-8-10-18(21)2/h5-13,19H,4,14-17H2,1-3H3,(H,24,27). The van der Waals surface area contributed by atoms with Gasteiger partial charge < -0.3 is 10.2 Å². The Labute approximate surface area is 172 Å². The number of carbonyl (C=O) groups excluding carboxylic acids is 2. The van der Waals surface area contributed by atoms with Crippen LogP contribution in [0.2, 0.25) is 0 Å². The maximum absolute atomic E-state index is 12.9. The Balaban J connectivity index is 1.98. The fourth-order valence-corrected chi connectivity index (χ4v) is 3.98. The van der Waals surface area contributed by atoms with E-state index < -0.39 is 6.04 Å². The van der Waals surface area contributed by atoms with Crippen molar-refractivity contribution in [2.45, 2.75) is 39.0 Å². The van der Waals surface area contributed by atoms with Crippen LogP contribution < -0.4 is 5.32 Å². The molecule has 2 amide bonds. The van der Waals surface area contributed by atoms with Gasteiger partial charge in [-0.05, 0) is 43.9 Å². The maximum Gasteiger partial charge on any atom is 0.242 e. The van der Waals surface area contributed by atoms with Crippen LogP contribution in [-0.4, -0.2) is 41.6 Å². The second kappa shape index (κ2) is 11.5. The molecule has 0 heterocycles. The summed E-state index contributed by atoms with van der Waals surface area (Å²) in [7, 11) is 0. The smallest absolute Gasteiger partial charge is 0.242 e. The number of amides is 2. The van der Waals surface area contributed by atoms with Crippen molar-refractivity contribution in [2.75, 3.05) is 18.8 Å². The number of rotatable bonds is 10. The summed E-state index contributed by atoms with van der Waals surface area (Å²) in [6.07, 6.45) is 0.735. The van der Waals surface area contributed by atoms with E-state index in [9.17, 15) is 9.59 Å². The van der Waals surface area contributed by atoms with Gasteiger partial charge in [0.25, 0.3) is 0 Å². The molecule has 0 saturated carbocycles.